The lowest BCUT2D eigenvalue weighted by atomic mass is 10.1. The lowest BCUT2D eigenvalue weighted by Crippen LogP contribution is -2.35. The molecule has 0 fully saturated rings. The Morgan fingerprint density at radius 2 is 2.04 bits per heavy atom. The van der Waals surface area contributed by atoms with Crippen LogP contribution >= 0.6 is 0 Å². The van der Waals surface area contributed by atoms with Crippen molar-refractivity contribution in [2.24, 2.45) is 5.73 Å². The standard InChI is InChI=1S/C17H17N5O2/c1-10-4-5-20-15(6-10)22-11(2)7-13(12(22)3)8-14(9-18)16(23)21-17(19)24/h4-8H,1-3H3,(H3,19,21,23,24)/b14-8-. The Morgan fingerprint density at radius 1 is 1.33 bits per heavy atom. The summed E-state index contributed by atoms with van der Waals surface area (Å²) in [6.45, 7) is 5.75. The Hall–Kier alpha value is -3.40. The fourth-order valence-electron chi connectivity index (χ4n) is 2.41. The fourth-order valence-corrected chi connectivity index (χ4v) is 2.41. The third-order valence-corrected chi connectivity index (χ3v) is 3.50. The van der Waals surface area contributed by atoms with Gasteiger partial charge in [0.1, 0.15) is 17.5 Å². The SMILES string of the molecule is Cc1ccnc(-n2c(C)cc(/C=C(/C#N)C(=O)NC(N)=O)c2C)c1. The molecule has 7 heteroatoms. The molecule has 0 spiro atoms. The molecule has 0 atom stereocenters. The molecule has 0 aliphatic rings. The second kappa shape index (κ2) is 6.79. The smallest absolute Gasteiger partial charge is 0.319 e. The van der Waals surface area contributed by atoms with E-state index in [0.717, 1.165) is 22.8 Å². The minimum absolute atomic E-state index is 0.203. The van der Waals surface area contributed by atoms with Gasteiger partial charge in [-0.1, -0.05) is 0 Å². The molecule has 0 unspecified atom stereocenters. The van der Waals surface area contributed by atoms with Crippen LogP contribution < -0.4 is 11.1 Å². The second-order valence-electron chi connectivity index (χ2n) is 5.34. The van der Waals surface area contributed by atoms with Crippen LogP contribution in [0.1, 0.15) is 22.5 Å². The summed E-state index contributed by atoms with van der Waals surface area (Å²) in [6.07, 6.45) is 3.15. The highest BCUT2D eigenvalue weighted by molar-refractivity contribution is 6.08. The number of hydrogen-bond donors (Lipinski definition) is 2. The maximum absolute atomic E-state index is 11.8. The number of nitrogens with zero attached hydrogens (tertiary/aromatic N) is 3. The van der Waals surface area contributed by atoms with Crippen LogP contribution in [-0.4, -0.2) is 21.5 Å². The van der Waals surface area contributed by atoms with Crippen LogP contribution in [-0.2, 0) is 4.79 Å². The van der Waals surface area contributed by atoms with E-state index < -0.39 is 11.9 Å². The van der Waals surface area contributed by atoms with Crippen molar-refractivity contribution in [1.82, 2.24) is 14.9 Å². The maximum atomic E-state index is 11.8. The first-order valence-electron chi connectivity index (χ1n) is 7.18. The number of rotatable bonds is 3. The van der Waals surface area contributed by atoms with E-state index in [0.29, 0.717) is 5.56 Å². The maximum Gasteiger partial charge on any atom is 0.319 e. The number of pyridine rings is 1. The molecular weight excluding hydrogens is 306 g/mol. The molecule has 24 heavy (non-hydrogen) atoms. The number of aryl methyl sites for hydroxylation is 2. The summed E-state index contributed by atoms with van der Waals surface area (Å²) >= 11 is 0. The summed E-state index contributed by atoms with van der Waals surface area (Å²) in [4.78, 5) is 26.9. The summed E-state index contributed by atoms with van der Waals surface area (Å²) in [5.41, 5.74) is 8.20. The molecular formula is C17H17N5O2. The third-order valence-electron chi connectivity index (χ3n) is 3.50. The second-order valence-corrected chi connectivity index (χ2v) is 5.34. The van der Waals surface area contributed by atoms with Crippen LogP contribution in [0, 0.1) is 32.1 Å². The van der Waals surface area contributed by atoms with Crippen LogP contribution in [0.25, 0.3) is 11.9 Å². The van der Waals surface area contributed by atoms with Crippen LogP contribution in [0.2, 0.25) is 0 Å². The molecule has 0 aliphatic heterocycles. The van der Waals surface area contributed by atoms with Gasteiger partial charge < -0.3 is 10.3 Å². The van der Waals surface area contributed by atoms with E-state index in [1.165, 1.54) is 6.08 Å². The van der Waals surface area contributed by atoms with Gasteiger partial charge in [-0.2, -0.15) is 5.26 Å². The zero-order chi connectivity index (χ0) is 17.9. The topological polar surface area (TPSA) is 114 Å². The average Bonchev–Trinajstić information content (AvgIpc) is 2.78. The number of primary amides is 1. The normalized spacial score (nSPS) is 11.0. The van der Waals surface area contributed by atoms with Gasteiger partial charge in [-0.05, 0) is 56.2 Å². The van der Waals surface area contributed by atoms with Gasteiger partial charge in [0, 0.05) is 17.6 Å². The predicted molar refractivity (Wildman–Crippen MR) is 89.1 cm³/mol. The van der Waals surface area contributed by atoms with Crippen molar-refractivity contribution >= 4 is 18.0 Å². The van der Waals surface area contributed by atoms with Crippen molar-refractivity contribution in [3.8, 4) is 11.9 Å². The highest BCUT2D eigenvalue weighted by Gasteiger charge is 2.15. The molecule has 0 aromatic carbocycles. The van der Waals surface area contributed by atoms with Crippen molar-refractivity contribution < 1.29 is 9.59 Å². The Balaban J connectivity index is 2.48. The van der Waals surface area contributed by atoms with E-state index >= 15 is 0 Å². The predicted octanol–water partition coefficient (Wildman–Crippen LogP) is 1.90. The van der Waals surface area contributed by atoms with E-state index in [1.807, 2.05) is 48.9 Å². The molecule has 2 heterocycles. The molecule has 2 aromatic heterocycles. The van der Waals surface area contributed by atoms with Crippen LogP contribution in [0.3, 0.4) is 0 Å². The molecule has 3 N–H and O–H groups in total. The van der Waals surface area contributed by atoms with Crippen molar-refractivity contribution in [3.05, 3.63) is 52.5 Å². The number of imide groups is 1. The van der Waals surface area contributed by atoms with Crippen LogP contribution in [0.5, 0.6) is 0 Å². The molecule has 0 bridgehead atoms. The summed E-state index contributed by atoms with van der Waals surface area (Å²) in [6, 6.07) is 6.46. The number of aromatic nitrogens is 2. The number of carbonyl (C=O) groups is 2. The number of carbonyl (C=O) groups excluding carboxylic acids is 2. The Labute approximate surface area is 139 Å². The average molecular weight is 323 g/mol. The molecule has 2 rings (SSSR count). The van der Waals surface area contributed by atoms with E-state index in [4.69, 9.17) is 11.0 Å². The Kier molecular flexibility index (Phi) is 4.80. The number of urea groups is 1. The van der Waals surface area contributed by atoms with Gasteiger partial charge in [0.05, 0.1) is 0 Å². The molecule has 0 saturated heterocycles. The molecule has 0 aliphatic carbocycles. The van der Waals surface area contributed by atoms with Gasteiger partial charge in [0.25, 0.3) is 5.91 Å². The van der Waals surface area contributed by atoms with E-state index in [2.05, 4.69) is 4.98 Å². The number of amides is 3. The van der Waals surface area contributed by atoms with Crippen molar-refractivity contribution in [2.45, 2.75) is 20.8 Å². The fraction of sp³-hybridized carbons (Fsp3) is 0.176. The highest BCUT2D eigenvalue weighted by atomic mass is 16.2. The first-order chi connectivity index (χ1) is 11.3. The molecule has 0 saturated carbocycles. The van der Waals surface area contributed by atoms with Crippen LogP contribution in [0.15, 0.2) is 30.0 Å². The molecule has 3 amide bonds. The summed E-state index contributed by atoms with van der Waals surface area (Å²) in [7, 11) is 0. The highest BCUT2D eigenvalue weighted by Crippen LogP contribution is 2.22. The lowest BCUT2D eigenvalue weighted by molar-refractivity contribution is -0.115. The van der Waals surface area contributed by atoms with Gasteiger partial charge in [-0.15, -0.1) is 0 Å². The van der Waals surface area contributed by atoms with E-state index in [9.17, 15) is 9.59 Å². The van der Waals surface area contributed by atoms with Gasteiger partial charge in [0.15, 0.2) is 0 Å². The van der Waals surface area contributed by atoms with Gasteiger partial charge in [0.2, 0.25) is 0 Å². The van der Waals surface area contributed by atoms with Crippen molar-refractivity contribution in [3.63, 3.8) is 0 Å². The zero-order valence-corrected chi connectivity index (χ0v) is 13.6. The minimum atomic E-state index is -1.00. The number of nitriles is 1. The quantitative estimate of drug-likeness (QED) is 0.663. The zero-order valence-electron chi connectivity index (χ0n) is 13.6. The third kappa shape index (κ3) is 3.50. The number of nitrogens with two attached hydrogens (primary N) is 1. The number of nitrogens with one attached hydrogen (secondary N) is 1. The molecule has 0 radical (unpaired) electrons. The van der Waals surface area contributed by atoms with Gasteiger partial charge in [-0.3, -0.25) is 10.1 Å². The van der Waals surface area contributed by atoms with E-state index in [-0.39, 0.29) is 5.57 Å². The van der Waals surface area contributed by atoms with Crippen LogP contribution in [0.4, 0.5) is 4.79 Å². The summed E-state index contributed by atoms with van der Waals surface area (Å²) < 4.78 is 1.93. The monoisotopic (exact) mass is 323 g/mol. The Bertz CT molecular complexity index is 887. The summed E-state index contributed by atoms with van der Waals surface area (Å²) in [5.74, 6) is -0.0757. The molecule has 122 valence electrons. The van der Waals surface area contributed by atoms with Gasteiger partial charge in [-0.25, -0.2) is 9.78 Å². The lowest BCUT2D eigenvalue weighted by Gasteiger charge is -2.09. The first kappa shape index (κ1) is 17.0. The largest absolute Gasteiger partial charge is 0.351 e. The van der Waals surface area contributed by atoms with E-state index in [1.54, 1.807) is 12.3 Å². The van der Waals surface area contributed by atoms with Gasteiger partial charge >= 0.3 is 6.03 Å². The van der Waals surface area contributed by atoms with Crippen molar-refractivity contribution in [1.29, 1.82) is 5.26 Å². The molecule has 7 nitrogen and oxygen atoms in total. The molecule has 2 aromatic rings. The summed E-state index contributed by atoms with van der Waals surface area (Å²) in [5, 5.41) is 11.0. The van der Waals surface area contributed by atoms with Crippen molar-refractivity contribution in [2.75, 3.05) is 0 Å². The first-order valence-corrected chi connectivity index (χ1v) is 7.18. The minimum Gasteiger partial charge on any atom is -0.351 e. The Morgan fingerprint density at radius 3 is 2.62 bits per heavy atom. The number of hydrogen-bond acceptors (Lipinski definition) is 4.